The molecule has 0 radical (unpaired) electrons. The van der Waals surface area contributed by atoms with Gasteiger partial charge in [-0.2, -0.15) is 0 Å². The van der Waals surface area contributed by atoms with Gasteiger partial charge in [-0.15, -0.1) is 0 Å². The molecule has 0 bridgehead atoms. The molecule has 1 heterocycles. The van der Waals surface area contributed by atoms with Crippen molar-refractivity contribution in [1.82, 2.24) is 10.2 Å². The quantitative estimate of drug-likeness (QED) is 0.552. The Hall–Kier alpha value is -3.01. The van der Waals surface area contributed by atoms with E-state index in [1.807, 2.05) is 32.9 Å². The van der Waals surface area contributed by atoms with E-state index in [0.29, 0.717) is 17.2 Å². The summed E-state index contributed by atoms with van der Waals surface area (Å²) in [6.07, 6.45) is 1.76. The molecule has 1 aliphatic rings. The van der Waals surface area contributed by atoms with Gasteiger partial charge in [-0.05, 0) is 64.4 Å². The minimum Gasteiger partial charge on any atom is -0.493 e. The van der Waals surface area contributed by atoms with Crippen molar-refractivity contribution in [2.45, 2.75) is 45.7 Å². The lowest BCUT2D eigenvalue weighted by molar-refractivity contribution is -0.159. The third-order valence-corrected chi connectivity index (χ3v) is 4.77. The molecule has 1 saturated heterocycles. The van der Waals surface area contributed by atoms with Crippen molar-refractivity contribution < 1.29 is 38.8 Å². The maximum Gasteiger partial charge on any atom is 0.414 e. The van der Waals surface area contributed by atoms with Crippen molar-refractivity contribution in [2.24, 2.45) is 5.92 Å². The SMILES string of the molecule is COc1cc(CN2CCC(C(=O)NC(C)(C)C)CC2)cc(OC)c1OC.O=C(O)C(=O)O. The first-order valence-corrected chi connectivity index (χ1v) is 10.2. The zero-order chi connectivity index (χ0) is 24.5. The average Bonchev–Trinajstić information content (AvgIpc) is 2.72. The van der Waals surface area contributed by atoms with Crippen LogP contribution in [0.3, 0.4) is 0 Å². The second-order valence-electron chi connectivity index (χ2n) is 8.43. The van der Waals surface area contributed by atoms with E-state index in [4.69, 9.17) is 34.0 Å². The number of hydrogen-bond donors (Lipinski definition) is 3. The highest BCUT2D eigenvalue weighted by atomic mass is 16.5. The number of carbonyl (C=O) groups excluding carboxylic acids is 1. The van der Waals surface area contributed by atoms with E-state index in [1.54, 1.807) is 21.3 Å². The normalized spacial score (nSPS) is 14.6. The van der Waals surface area contributed by atoms with Gasteiger partial charge in [0.25, 0.3) is 0 Å². The van der Waals surface area contributed by atoms with E-state index < -0.39 is 11.9 Å². The van der Waals surface area contributed by atoms with Gasteiger partial charge in [0.1, 0.15) is 0 Å². The van der Waals surface area contributed by atoms with E-state index in [2.05, 4.69) is 10.2 Å². The van der Waals surface area contributed by atoms with Crippen LogP contribution in [0.15, 0.2) is 12.1 Å². The molecule has 1 aromatic carbocycles. The highest BCUT2D eigenvalue weighted by Crippen LogP contribution is 2.38. The lowest BCUT2D eigenvalue weighted by atomic mass is 9.94. The van der Waals surface area contributed by atoms with Crippen LogP contribution in [0.4, 0.5) is 0 Å². The predicted molar refractivity (Wildman–Crippen MR) is 117 cm³/mol. The van der Waals surface area contributed by atoms with Crippen molar-refractivity contribution in [3.05, 3.63) is 17.7 Å². The summed E-state index contributed by atoms with van der Waals surface area (Å²) in [6.45, 7) is 8.65. The molecule has 0 aromatic heterocycles. The zero-order valence-electron chi connectivity index (χ0n) is 19.6. The van der Waals surface area contributed by atoms with Crippen molar-refractivity contribution in [3.63, 3.8) is 0 Å². The summed E-state index contributed by atoms with van der Waals surface area (Å²) >= 11 is 0. The summed E-state index contributed by atoms with van der Waals surface area (Å²) < 4.78 is 16.2. The van der Waals surface area contributed by atoms with Gasteiger partial charge >= 0.3 is 11.9 Å². The zero-order valence-corrected chi connectivity index (χ0v) is 19.6. The Morgan fingerprint density at radius 3 is 1.78 bits per heavy atom. The molecule has 10 nitrogen and oxygen atoms in total. The average molecular weight is 455 g/mol. The number of piperidine rings is 1. The minimum atomic E-state index is -1.82. The first-order chi connectivity index (χ1) is 14.9. The largest absolute Gasteiger partial charge is 0.493 e. The molecule has 0 unspecified atom stereocenters. The number of likely N-dealkylation sites (tertiary alicyclic amines) is 1. The van der Waals surface area contributed by atoms with Crippen LogP contribution in [0.5, 0.6) is 17.2 Å². The van der Waals surface area contributed by atoms with Crippen molar-refractivity contribution in [1.29, 1.82) is 0 Å². The number of nitrogens with zero attached hydrogens (tertiary/aromatic N) is 1. The van der Waals surface area contributed by atoms with Crippen LogP contribution in [0.2, 0.25) is 0 Å². The Bertz CT molecular complexity index is 759. The maximum absolute atomic E-state index is 12.3. The van der Waals surface area contributed by atoms with E-state index in [-0.39, 0.29) is 17.4 Å². The highest BCUT2D eigenvalue weighted by molar-refractivity contribution is 6.27. The van der Waals surface area contributed by atoms with Crippen LogP contribution in [0.25, 0.3) is 0 Å². The first kappa shape index (κ1) is 27.0. The first-order valence-electron chi connectivity index (χ1n) is 10.2. The molecule has 0 atom stereocenters. The number of aliphatic carboxylic acids is 2. The molecule has 1 aliphatic heterocycles. The fraction of sp³-hybridized carbons (Fsp3) is 0.591. The topological polar surface area (TPSA) is 135 Å². The van der Waals surface area contributed by atoms with Crippen LogP contribution in [-0.2, 0) is 20.9 Å². The summed E-state index contributed by atoms with van der Waals surface area (Å²) in [7, 11) is 4.86. The lowest BCUT2D eigenvalue weighted by Gasteiger charge is -2.33. The van der Waals surface area contributed by atoms with Crippen LogP contribution in [-0.4, -0.2) is 72.9 Å². The predicted octanol–water partition coefficient (Wildman–Crippen LogP) is 1.99. The minimum absolute atomic E-state index is 0.102. The number of carboxylic acid groups (broad SMARTS) is 2. The van der Waals surface area contributed by atoms with Gasteiger partial charge in [0, 0.05) is 18.0 Å². The lowest BCUT2D eigenvalue weighted by Crippen LogP contribution is -2.46. The fourth-order valence-electron chi connectivity index (χ4n) is 3.31. The Morgan fingerprint density at radius 2 is 1.44 bits per heavy atom. The molecular weight excluding hydrogens is 420 g/mol. The number of carbonyl (C=O) groups is 3. The number of nitrogens with one attached hydrogen (secondary N) is 1. The van der Waals surface area contributed by atoms with Crippen LogP contribution < -0.4 is 19.5 Å². The van der Waals surface area contributed by atoms with Gasteiger partial charge in [0.05, 0.1) is 21.3 Å². The molecule has 180 valence electrons. The molecule has 1 aromatic rings. The molecule has 3 N–H and O–H groups in total. The Kier molecular flexibility index (Phi) is 10.2. The van der Waals surface area contributed by atoms with Crippen LogP contribution in [0.1, 0.15) is 39.2 Å². The van der Waals surface area contributed by atoms with Crippen LogP contribution in [0, 0.1) is 5.92 Å². The summed E-state index contributed by atoms with van der Waals surface area (Å²) in [5.74, 6) is -1.43. The van der Waals surface area contributed by atoms with Crippen molar-refractivity contribution in [2.75, 3.05) is 34.4 Å². The number of benzene rings is 1. The molecule has 0 aliphatic carbocycles. The number of rotatable bonds is 6. The number of amides is 1. The van der Waals surface area contributed by atoms with E-state index in [0.717, 1.165) is 38.0 Å². The molecular formula is C22H34N2O8. The summed E-state index contributed by atoms with van der Waals surface area (Å²) in [4.78, 5) is 32.9. The third kappa shape index (κ3) is 8.62. The van der Waals surface area contributed by atoms with Crippen molar-refractivity contribution in [3.8, 4) is 17.2 Å². The van der Waals surface area contributed by atoms with E-state index >= 15 is 0 Å². The van der Waals surface area contributed by atoms with Gasteiger partial charge in [-0.3, -0.25) is 9.69 Å². The van der Waals surface area contributed by atoms with E-state index in [1.165, 1.54) is 0 Å². The number of methoxy groups -OCH3 is 3. The maximum atomic E-state index is 12.3. The van der Waals surface area contributed by atoms with Crippen LogP contribution >= 0.6 is 0 Å². The second kappa shape index (κ2) is 12.1. The Morgan fingerprint density at radius 1 is 0.969 bits per heavy atom. The van der Waals surface area contributed by atoms with Gasteiger partial charge in [-0.25, -0.2) is 9.59 Å². The molecule has 0 saturated carbocycles. The summed E-state index contributed by atoms with van der Waals surface area (Å²) in [5, 5.41) is 17.9. The molecule has 2 rings (SSSR count). The fourth-order valence-corrected chi connectivity index (χ4v) is 3.31. The number of carboxylic acids is 2. The van der Waals surface area contributed by atoms with Crippen molar-refractivity contribution >= 4 is 17.8 Å². The monoisotopic (exact) mass is 454 g/mol. The van der Waals surface area contributed by atoms with E-state index in [9.17, 15) is 4.79 Å². The van der Waals surface area contributed by atoms with Gasteiger partial charge in [0.2, 0.25) is 11.7 Å². The molecule has 1 fully saturated rings. The standard InChI is InChI=1S/C20H32N2O4.C2H2O4/c1-20(2,3)21-19(23)15-7-9-22(10-8-15)13-14-11-16(24-4)18(26-6)17(12-14)25-5;3-1(4)2(5)6/h11-12,15H,7-10,13H2,1-6H3,(H,21,23);(H,3,4)(H,5,6). The highest BCUT2D eigenvalue weighted by Gasteiger charge is 2.27. The molecule has 1 amide bonds. The molecule has 0 spiro atoms. The Labute approximate surface area is 188 Å². The molecule has 32 heavy (non-hydrogen) atoms. The smallest absolute Gasteiger partial charge is 0.414 e. The third-order valence-electron chi connectivity index (χ3n) is 4.77. The van der Waals surface area contributed by atoms with Gasteiger partial charge in [-0.1, -0.05) is 0 Å². The summed E-state index contributed by atoms with van der Waals surface area (Å²) in [5.41, 5.74) is 0.932. The van der Waals surface area contributed by atoms with Gasteiger partial charge < -0.3 is 29.7 Å². The molecule has 10 heteroatoms. The summed E-state index contributed by atoms with van der Waals surface area (Å²) in [6, 6.07) is 3.97. The van der Waals surface area contributed by atoms with Gasteiger partial charge in [0.15, 0.2) is 11.5 Å². The second-order valence-corrected chi connectivity index (χ2v) is 8.43. The number of hydrogen-bond acceptors (Lipinski definition) is 7. The number of ether oxygens (including phenoxy) is 3. The Balaban J connectivity index is 0.000000751.